The van der Waals surface area contributed by atoms with E-state index in [1.807, 2.05) is 66.7 Å². The summed E-state index contributed by atoms with van der Waals surface area (Å²) in [6.07, 6.45) is 0. The van der Waals surface area contributed by atoms with Crippen LogP contribution in [0.4, 0.5) is 0 Å². The number of benzene rings is 2. The maximum Gasteiger partial charge on any atom is 0.119 e. The summed E-state index contributed by atoms with van der Waals surface area (Å²) in [5.41, 5.74) is 2.44. The van der Waals surface area contributed by atoms with Crippen molar-refractivity contribution in [1.29, 1.82) is 5.26 Å². The number of hydrogen-bond donors (Lipinski definition) is 0. The molecule has 4 heteroatoms. The molecule has 0 radical (unpaired) electrons. The van der Waals surface area contributed by atoms with Crippen molar-refractivity contribution in [2.75, 3.05) is 0 Å². The number of hydrogen-bond acceptors (Lipinski definition) is 3. The van der Waals surface area contributed by atoms with E-state index in [0.717, 1.165) is 16.2 Å². The molecule has 0 fully saturated rings. The average molecular weight is 323 g/mol. The maximum atomic E-state index is 9.28. The van der Waals surface area contributed by atoms with E-state index < -0.39 is 0 Å². The van der Waals surface area contributed by atoms with Crippen LogP contribution in [0, 0.1) is 11.3 Å². The minimum atomic E-state index is 0.560. The standard InChI is InChI=1S/C18H11ClN2S/c19-15-7-4-8-16(11-15)22-18-14(12-20)9-10-17(21-18)13-5-2-1-3-6-13/h1-11H. The lowest BCUT2D eigenvalue weighted by molar-refractivity contribution is 1.11. The van der Waals surface area contributed by atoms with Crippen LogP contribution in [0.5, 0.6) is 0 Å². The molecule has 0 aliphatic heterocycles. The van der Waals surface area contributed by atoms with Gasteiger partial charge in [-0.3, -0.25) is 0 Å². The molecule has 106 valence electrons. The lowest BCUT2D eigenvalue weighted by Crippen LogP contribution is -1.90. The SMILES string of the molecule is N#Cc1ccc(-c2ccccc2)nc1Sc1cccc(Cl)c1. The van der Waals surface area contributed by atoms with E-state index in [4.69, 9.17) is 11.6 Å². The first-order valence-electron chi connectivity index (χ1n) is 6.66. The predicted octanol–water partition coefficient (Wildman–Crippen LogP) is 5.42. The van der Waals surface area contributed by atoms with Crippen LogP contribution >= 0.6 is 23.4 Å². The van der Waals surface area contributed by atoms with Gasteiger partial charge in [-0.1, -0.05) is 59.8 Å². The second-order valence-corrected chi connectivity index (χ2v) is 6.09. The molecule has 0 amide bonds. The van der Waals surface area contributed by atoms with Crippen molar-refractivity contribution >= 4 is 23.4 Å². The van der Waals surface area contributed by atoms with Crippen molar-refractivity contribution in [3.63, 3.8) is 0 Å². The highest BCUT2D eigenvalue weighted by atomic mass is 35.5. The van der Waals surface area contributed by atoms with E-state index in [9.17, 15) is 5.26 Å². The van der Waals surface area contributed by atoms with Crippen LogP contribution in [0.25, 0.3) is 11.3 Å². The first-order chi connectivity index (χ1) is 10.8. The third-order valence-electron chi connectivity index (χ3n) is 3.06. The number of rotatable bonds is 3. The van der Waals surface area contributed by atoms with Gasteiger partial charge in [-0.15, -0.1) is 0 Å². The fourth-order valence-corrected chi connectivity index (χ4v) is 3.19. The molecule has 0 unspecified atom stereocenters. The zero-order valence-electron chi connectivity index (χ0n) is 11.5. The quantitative estimate of drug-likeness (QED) is 0.645. The van der Waals surface area contributed by atoms with Gasteiger partial charge in [-0.2, -0.15) is 5.26 Å². The van der Waals surface area contributed by atoms with Crippen molar-refractivity contribution in [1.82, 2.24) is 4.98 Å². The van der Waals surface area contributed by atoms with E-state index in [-0.39, 0.29) is 0 Å². The van der Waals surface area contributed by atoms with Crippen molar-refractivity contribution in [2.45, 2.75) is 9.92 Å². The first-order valence-corrected chi connectivity index (χ1v) is 7.86. The second kappa shape index (κ2) is 6.65. The number of pyridine rings is 1. The maximum absolute atomic E-state index is 9.28. The van der Waals surface area contributed by atoms with Crippen LogP contribution < -0.4 is 0 Å². The Morgan fingerprint density at radius 1 is 0.955 bits per heavy atom. The van der Waals surface area contributed by atoms with Crippen LogP contribution in [0.1, 0.15) is 5.56 Å². The summed E-state index contributed by atoms with van der Waals surface area (Å²) in [5, 5.41) is 10.6. The smallest absolute Gasteiger partial charge is 0.119 e. The van der Waals surface area contributed by atoms with Gasteiger partial charge in [0, 0.05) is 15.5 Å². The average Bonchev–Trinajstić information content (AvgIpc) is 2.56. The molecule has 0 saturated heterocycles. The van der Waals surface area contributed by atoms with Gasteiger partial charge in [-0.05, 0) is 30.3 Å². The van der Waals surface area contributed by atoms with Crippen molar-refractivity contribution < 1.29 is 0 Å². The molecule has 1 aromatic heterocycles. The summed E-state index contributed by atoms with van der Waals surface area (Å²) in [5.74, 6) is 0. The number of aromatic nitrogens is 1. The topological polar surface area (TPSA) is 36.7 Å². The molecule has 0 atom stereocenters. The highest BCUT2D eigenvalue weighted by molar-refractivity contribution is 7.99. The molecule has 3 rings (SSSR count). The summed E-state index contributed by atoms with van der Waals surface area (Å²) in [6.45, 7) is 0. The first kappa shape index (κ1) is 14.6. The van der Waals surface area contributed by atoms with Crippen molar-refractivity contribution in [3.8, 4) is 17.3 Å². The minimum absolute atomic E-state index is 0.560. The van der Waals surface area contributed by atoms with E-state index in [0.29, 0.717) is 15.6 Å². The molecule has 2 aromatic carbocycles. The summed E-state index contributed by atoms with van der Waals surface area (Å²) < 4.78 is 0. The van der Waals surface area contributed by atoms with Gasteiger partial charge in [0.1, 0.15) is 11.1 Å². The molecule has 0 aliphatic rings. The number of nitrogens with zero attached hydrogens (tertiary/aromatic N) is 2. The Kier molecular flexibility index (Phi) is 4.43. The van der Waals surface area contributed by atoms with Gasteiger partial charge in [0.15, 0.2) is 0 Å². The number of halogens is 1. The third kappa shape index (κ3) is 3.30. The third-order valence-corrected chi connectivity index (χ3v) is 4.29. The van der Waals surface area contributed by atoms with E-state index in [1.54, 1.807) is 0 Å². The molecule has 0 saturated carbocycles. The Hall–Kier alpha value is -2.28. The van der Waals surface area contributed by atoms with Crippen molar-refractivity contribution in [2.24, 2.45) is 0 Å². The van der Waals surface area contributed by atoms with Crippen LogP contribution in [-0.4, -0.2) is 4.98 Å². The van der Waals surface area contributed by atoms with Crippen LogP contribution in [-0.2, 0) is 0 Å². The fraction of sp³-hybridized carbons (Fsp3) is 0. The highest BCUT2D eigenvalue weighted by Crippen LogP contribution is 2.32. The molecular formula is C18H11ClN2S. The van der Waals surface area contributed by atoms with Gasteiger partial charge in [0.25, 0.3) is 0 Å². The van der Waals surface area contributed by atoms with Gasteiger partial charge in [0.05, 0.1) is 11.3 Å². The molecule has 3 aromatic rings. The fourth-order valence-electron chi connectivity index (χ4n) is 2.02. The lowest BCUT2D eigenvalue weighted by Gasteiger charge is -2.07. The number of nitriles is 1. The zero-order valence-corrected chi connectivity index (χ0v) is 13.1. The predicted molar refractivity (Wildman–Crippen MR) is 90.0 cm³/mol. The minimum Gasteiger partial charge on any atom is -0.240 e. The van der Waals surface area contributed by atoms with Crippen LogP contribution in [0.15, 0.2) is 76.7 Å². The Morgan fingerprint density at radius 3 is 2.50 bits per heavy atom. The van der Waals surface area contributed by atoms with Gasteiger partial charge >= 0.3 is 0 Å². The molecule has 1 heterocycles. The molecular weight excluding hydrogens is 312 g/mol. The van der Waals surface area contributed by atoms with Gasteiger partial charge < -0.3 is 0 Å². The van der Waals surface area contributed by atoms with Crippen LogP contribution in [0.2, 0.25) is 5.02 Å². The van der Waals surface area contributed by atoms with Crippen molar-refractivity contribution in [3.05, 3.63) is 77.3 Å². The Balaban J connectivity index is 2.00. The Labute approximate surface area is 138 Å². The summed E-state index contributed by atoms with van der Waals surface area (Å²) in [6, 6.07) is 23.3. The molecule has 22 heavy (non-hydrogen) atoms. The Morgan fingerprint density at radius 2 is 1.77 bits per heavy atom. The van der Waals surface area contributed by atoms with Gasteiger partial charge in [-0.25, -0.2) is 4.98 Å². The summed E-state index contributed by atoms with van der Waals surface area (Å²) in [4.78, 5) is 5.60. The normalized spacial score (nSPS) is 10.2. The van der Waals surface area contributed by atoms with E-state index in [1.165, 1.54) is 11.8 Å². The second-order valence-electron chi connectivity index (χ2n) is 4.59. The zero-order chi connectivity index (χ0) is 15.4. The van der Waals surface area contributed by atoms with E-state index in [2.05, 4.69) is 11.1 Å². The summed E-state index contributed by atoms with van der Waals surface area (Å²) >= 11 is 7.46. The highest BCUT2D eigenvalue weighted by Gasteiger charge is 2.09. The molecule has 0 spiro atoms. The summed E-state index contributed by atoms with van der Waals surface area (Å²) in [7, 11) is 0. The van der Waals surface area contributed by atoms with Crippen LogP contribution in [0.3, 0.4) is 0 Å². The molecule has 0 N–H and O–H groups in total. The molecule has 2 nitrogen and oxygen atoms in total. The lowest BCUT2D eigenvalue weighted by atomic mass is 10.1. The largest absolute Gasteiger partial charge is 0.240 e. The van der Waals surface area contributed by atoms with Gasteiger partial charge in [0.2, 0.25) is 0 Å². The van der Waals surface area contributed by atoms with E-state index >= 15 is 0 Å². The monoisotopic (exact) mass is 322 g/mol. The molecule has 0 aliphatic carbocycles. The molecule has 0 bridgehead atoms. The Bertz CT molecular complexity index is 841.